The van der Waals surface area contributed by atoms with E-state index in [9.17, 15) is 16.8 Å². The molecule has 0 fully saturated rings. The maximum absolute atomic E-state index is 13.0. The van der Waals surface area contributed by atoms with Gasteiger partial charge < -0.3 is 0 Å². The molecule has 0 radical (unpaired) electrons. The zero-order chi connectivity index (χ0) is 27.9. The number of benzene rings is 2. The highest BCUT2D eigenvalue weighted by atomic mass is 32.2. The van der Waals surface area contributed by atoms with Gasteiger partial charge in [0.25, 0.3) is 0 Å². The average Bonchev–Trinajstić information content (AvgIpc) is 2.86. The minimum Gasteiger partial charge on any atom is -0.263 e. The lowest BCUT2D eigenvalue weighted by Crippen LogP contribution is -2.28. The van der Waals surface area contributed by atoms with Gasteiger partial charge in [-0.1, -0.05) is 43.9 Å². The maximum atomic E-state index is 13.0. The van der Waals surface area contributed by atoms with E-state index in [0.717, 1.165) is 27.6 Å². The Morgan fingerprint density at radius 1 is 0.842 bits per heavy atom. The van der Waals surface area contributed by atoms with Crippen molar-refractivity contribution in [3.8, 4) is 22.3 Å². The van der Waals surface area contributed by atoms with E-state index in [-0.39, 0.29) is 10.6 Å². The van der Waals surface area contributed by atoms with Crippen LogP contribution in [0.5, 0.6) is 0 Å². The van der Waals surface area contributed by atoms with Crippen molar-refractivity contribution in [1.29, 1.82) is 0 Å². The summed E-state index contributed by atoms with van der Waals surface area (Å²) in [5.41, 5.74) is 4.62. The summed E-state index contributed by atoms with van der Waals surface area (Å²) in [4.78, 5) is 9.07. The van der Waals surface area contributed by atoms with Crippen molar-refractivity contribution < 1.29 is 16.8 Å². The molecule has 6 nitrogen and oxygen atoms in total. The molecule has 0 aliphatic carbocycles. The van der Waals surface area contributed by atoms with Crippen molar-refractivity contribution in [3.05, 3.63) is 78.8 Å². The van der Waals surface area contributed by atoms with Crippen LogP contribution >= 0.6 is 0 Å². The summed E-state index contributed by atoms with van der Waals surface area (Å²) in [6.07, 6.45) is 6.05. The van der Waals surface area contributed by atoms with Crippen LogP contribution in [0.3, 0.4) is 0 Å². The van der Waals surface area contributed by atoms with Gasteiger partial charge in [0.05, 0.1) is 20.9 Å². The lowest BCUT2D eigenvalue weighted by atomic mass is 9.92. The predicted molar refractivity (Wildman–Crippen MR) is 158 cm³/mol. The molecular weight excluding hydrogens is 533 g/mol. The minimum atomic E-state index is -3.45. The van der Waals surface area contributed by atoms with Gasteiger partial charge in [0.2, 0.25) is 0 Å². The van der Waals surface area contributed by atoms with Gasteiger partial charge in [-0.15, -0.1) is 0 Å². The second-order valence-electron chi connectivity index (χ2n) is 11.5. The lowest BCUT2D eigenvalue weighted by molar-refractivity contribution is 0.561. The second kappa shape index (κ2) is 10.0. The van der Waals surface area contributed by atoms with Crippen LogP contribution in [0.1, 0.15) is 19.4 Å². The van der Waals surface area contributed by atoms with Crippen molar-refractivity contribution in [2.24, 2.45) is 0 Å². The van der Waals surface area contributed by atoms with Gasteiger partial charge in [0.15, 0.2) is 19.7 Å². The van der Waals surface area contributed by atoms with E-state index in [0.29, 0.717) is 17.2 Å². The van der Waals surface area contributed by atoms with Gasteiger partial charge in [-0.3, -0.25) is 9.97 Å². The summed E-state index contributed by atoms with van der Waals surface area (Å²) in [5.74, 6) is 0.120. The molecule has 0 aliphatic heterocycles. The molecule has 0 spiro atoms. The fourth-order valence-electron chi connectivity index (χ4n) is 4.15. The highest BCUT2D eigenvalue weighted by molar-refractivity contribution is 7.91. The number of hydrogen-bond donors (Lipinski definition) is 0. The molecule has 0 bridgehead atoms. The molecular formula is C29H34N2O4S2Si. The molecule has 0 atom stereocenters. The minimum absolute atomic E-state index is 0.120. The first-order valence-corrected chi connectivity index (χ1v) is 19.7. The van der Waals surface area contributed by atoms with E-state index in [1.807, 2.05) is 48.5 Å². The Labute approximate surface area is 227 Å². The van der Waals surface area contributed by atoms with Crippen LogP contribution in [0.2, 0.25) is 25.7 Å². The maximum Gasteiger partial charge on any atom is 0.179 e. The van der Waals surface area contributed by atoms with Gasteiger partial charge in [-0.05, 0) is 66.9 Å². The number of fused-ring (bicyclic) bond motifs is 1. The molecule has 200 valence electrons. The Hall–Kier alpha value is -2.88. The monoisotopic (exact) mass is 566 g/mol. The van der Waals surface area contributed by atoms with Crippen molar-refractivity contribution >= 4 is 38.7 Å². The third kappa shape index (κ3) is 5.90. The van der Waals surface area contributed by atoms with Crippen LogP contribution in [0.15, 0.2) is 78.1 Å². The van der Waals surface area contributed by atoms with E-state index in [2.05, 4.69) is 29.6 Å². The summed E-state index contributed by atoms with van der Waals surface area (Å²) in [5, 5.41) is 0.847. The summed E-state index contributed by atoms with van der Waals surface area (Å²) >= 11 is 0. The molecule has 2 aromatic heterocycles. The van der Waals surface area contributed by atoms with E-state index in [4.69, 9.17) is 0 Å². The first-order valence-electron chi connectivity index (χ1n) is 12.5. The summed E-state index contributed by atoms with van der Waals surface area (Å²) in [6.45, 7) is 9.90. The molecule has 4 rings (SSSR count). The smallest absolute Gasteiger partial charge is 0.179 e. The average molecular weight is 567 g/mol. The third-order valence-corrected chi connectivity index (χ3v) is 12.9. The van der Waals surface area contributed by atoms with Crippen molar-refractivity contribution in [2.45, 2.75) is 49.2 Å². The van der Waals surface area contributed by atoms with Crippen LogP contribution in [0, 0.1) is 0 Å². The molecule has 9 heteroatoms. The van der Waals surface area contributed by atoms with E-state index >= 15 is 0 Å². The molecule has 2 aromatic carbocycles. The Bertz CT molecular complexity index is 1730. The largest absolute Gasteiger partial charge is 0.263 e. The number of rotatable bonds is 8. The number of aromatic nitrogens is 2. The standard InChI is InChI=1S/C29H34N2O4S2Si/c1-29(2,36(3,32)33)25-16-23-11-8-12-31-28(23)27(18-25)22-10-7-9-21(15-22)24-17-26(20-30-19-24)37(34,35)13-14-38(4,5)6/h7-12,15-20H,13-14H2,1-6H3. The third-order valence-electron chi connectivity index (χ3n) is 7.03. The predicted octanol–water partition coefficient (Wildman–Crippen LogP) is 6.36. The highest BCUT2D eigenvalue weighted by Crippen LogP contribution is 2.37. The summed E-state index contributed by atoms with van der Waals surface area (Å²) < 4.78 is 50.2. The van der Waals surface area contributed by atoms with Crippen molar-refractivity contribution in [1.82, 2.24) is 9.97 Å². The van der Waals surface area contributed by atoms with E-state index in [1.54, 1.807) is 32.3 Å². The topological polar surface area (TPSA) is 94.1 Å². The Balaban J connectivity index is 1.82. The van der Waals surface area contributed by atoms with Crippen LogP contribution in [0.4, 0.5) is 0 Å². The van der Waals surface area contributed by atoms with Crippen LogP contribution in [0.25, 0.3) is 33.2 Å². The van der Waals surface area contributed by atoms with Crippen LogP contribution in [-0.4, -0.2) is 46.9 Å². The summed E-state index contributed by atoms with van der Waals surface area (Å²) in [6, 6.07) is 17.7. The molecule has 0 amide bonds. The van der Waals surface area contributed by atoms with Gasteiger partial charge >= 0.3 is 0 Å². The van der Waals surface area contributed by atoms with Gasteiger partial charge in [0, 0.05) is 49.4 Å². The number of sulfone groups is 2. The second-order valence-corrected chi connectivity index (χ2v) is 21.8. The molecule has 0 unspecified atom stereocenters. The lowest BCUT2D eigenvalue weighted by Gasteiger charge is -2.24. The Morgan fingerprint density at radius 3 is 2.24 bits per heavy atom. The number of pyridine rings is 2. The van der Waals surface area contributed by atoms with E-state index < -0.39 is 32.5 Å². The van der Waals surface area contributed by atoms with Gasteiger partial charge in [0.1, 0.15) is 0 Å². The zero-order valence-corrected chi connectivity index (χ0v) is 25.3. The molecule has 2 heterocycles. The Morgan fingerprint density at radius 2 is 1.55 bits per heavy atom. The molecule has 0 saturated carbocycles. The molecule has 0 aliphatic rings. The van der Waals surface area contributed by atoms with Crippen molar-refractivity contribution in [2.75, 3.05) is 12.0 Å². The summed E-state index contributed by atoms with van der Waals surface area (Å²) in [7, 11) is -8.35. The molecule has 0 N–H and O–H groups in total. The normalized spacial score (nSPS) is 13.1. The number of nitrogens with zero attached hydrogens (tertiary/aromatic N) is 2. The molecule has 0 saturated heterocycles. The number of hydrogen-bond acceptors (Lipinski definition) is 6. The first-order chi connectivity index (χ1) is 17.6. The SMILES string of the molecule is CC(C)(c1cc(-c2cccc(-c3cncc(S(=O)(=O)CC[Si](C)(C)C)c3)c2)c2ncccc2c1)S(C)(=O)=O. The zero-order valence-electron chi connectivity index (χ0n) is 22.7. The quantitative estimate of drug-likeness (QED) is 0.231. The van der Waals surface area contributed by atoms with E-state index in [1.165, 1.54) is 12.5 Å². The molecule has 4 aromatic rings. The Kier molecular flexibility index (Phi) is 7.42. The van der Waals surface area contributed by atoms with Crippen LogP contribution in [-0.2, 0) is 24.4 Å². The van der Waals surface area contributed by atoms with Gasteiger partial charge in [-0.2, -0.15) is 0 Å². The van der Waals surface area contributed by atoms with Gasteiger partial charge in [-0.25, -0.2) is 16.8 Å². The fourth-order valence-corrected chi connectivity index (χ4v) is 8.98. The van der Waals surface area contributed by atoms with Crippen LogP contribution < -0.4 is 0 Å². The molecule has 38 heavy (non-hydrogen) atoms. The first kappa shape index (κ1) is 28.1. The van der Waals surface area contributed by atoms with Crippen molar-refractivity contribution in [3.63, 3.8) is 0 Å². The highest BCUT2D eigenvalue weighted by Gasteiger charge is 2.33. The fraction of sp³-hybridized carbons (Fsp3) is 0.310.